The van der Waals surface area contributed by atoms with Crippen LogP contribution < -0.4 is 10.3 Å². The molecule has 2 nitrogen and oxygen atoms in total. The van der Waals surface area contributed by atoms with Gasteiger partial charge in [-0.05, 0) is 11.6 Å². The lowest BCUT2D eigenvalue weighted by Crippen LogP contribution is -2.30. The zero-order valence-corrected chi connectivity index (χ0v) is 10.00. The van der Waals surface area contributed by atoms with Crippen LogP contribution in [0.25, 0.3) is 0 Å². The maximum absolute atomic E-state index is 5.35. The number of pyridine rings is 1. The van der Waals surface area contributed by atoms with Crippen molar-refractivity contribution in [3.8, 4) is 0 Å². The van der Waals surface area contributed by atoms with E-state index in [4.69, 9.17) is 5.73 Å². The molecular formula is C15H19N2+. The SMILES string of the molecule is C=CC[n+]1ccccc1.NCc1ccccc1. The van der Waals surface area contributed by atoms with Gasteiger partial charge in [-0.3, -0.25) is 0 Å². The molecule has 0 aliphatic carbocycles. The predicted molar refractivity (Wildman–Crippen MR) is 71.2 cm³/mol. The lowest BCUT2D eigenvalue weighted by atomic mass is 10.2. The second-order valence-corrected chi connectivity index (χ2v) is 3.55. The van der Waals surface area contributed by atoms with Crippen molar-refractivity contribution in [1.82, 2.24) is 0 Å². The molecule has 0 aliphatic rings. The quantitative estimate of drug-likeness (QED) is 0.633. The maximum Gasteiger partial charge on any atom is 0.169 e. The number of rotatable bonds is 3. The summed E-state index contributed by atoms with van der Waals surface area (Å²) in [5.74, 6) is 0. The molecule has 2 N–H and O–H groups in total. The Balaban J connectivity index is 0.000000171. The molecule has 17 heavy (non-hydrogen) atoms. The first-order valence-corrected chi connectivity index (χ1v) is 5.65. The van der Waals surface area contributed by atoms with E-state index in [2.05, 4.69) is 11.1 Å². The second-order valence-electron chi connectivity index (χ2n) is 3.55. The number of nitrogens with two attached hydrogens (primary N) is 1. The van der Waals surface area contributed by atoms with Crippen LogP contribution in [0.1, 0.15) is 5.56 Å². The fourth-order valence-electron chi connectivity index (χ4n) is 1.32. The van der Waals surface area contributed by atoms with Gasteiger partial charge < -0.3 is 5.73 Å². The van der Waals surface area contributed by atoms with Crippen molar-refractivity contribution >= 4 is 0 Å². The van der Waals surface area contributed by atoms with Crippen molar-refractivity contribution < 1.29 is 4.57 Å². The van der Waals surface area contributed by atoms with Gasteiger partial charge >= 0.3 is 0 Å². The minimum Gasteiger partial charge on any atom is -0.326 e. The van der Waals surface area contributed by atoms with Gasteiger partial charge in [0.05, 0.1) is 0 Å². The van der Waals surface area contributed by atoms with Gasteiger partial charge in [-0.25, -0.2) is 4.57 Å². The van der Waals surface area contributed by atoms with E-state index in [1.807, 2.05) is 67.0 Å². The lowest BCUT2D eigenvalue weighted by Gasteiger charge is -1.90. The molecule has 0 amide bonds. The Morgan fingerprint density at radius 2 is 1.59 bits per heavy atom. The van der Waals surface area contributed by atoms with Gasteiger partial charge in [0.25, 0.3) is 0 Å². The van der Waals surface area contributed by atoms with Crippen LogP contribution >= 0.6 is 0 Å². The number of benzene rings is 1. The minimum atomic E-state index is 0.640. The molecule has 0 aliphatic heterocycles. The topological polar surface area (TPSA) is 29.9 Å². The molecule has 0 spiro atoms. The van der Waals surface area contributed by atoms with Gasteiger partial charge in [0.15, 0.2) is 18.9 Å². The van der Waals surface area contributed by atoms with Crippen molar-refractivity contribution in [3.05, 3.63) is 79.1 Å². The molecule has 1 heterocycles. The zero-order chi connectivity index (χ0) is 12.3. The molecule has 0 atom stereocenters. The largest absolute Gasteiger partial charge is 0.326 e. The van der Waals surface area contributed by atoms with Crippen molar-refractivity contribution in [2.45, 2.75) is 13.1 Å². The lowest BCUT2D eigenvalue weighted by molar-refractivity contribution is -0.687. The zero-order valence-electron chi connectivity index (χ0n) is 10.00. The number of hydrogen-bond donors (Lipinski definition) is 1. The summed E-state index contributed by atoms with van der Waals surface area (Å²) in [7, 11) is 0. The molecule has 0 saturated heterocycles. The normalized spacial score (nSPS) is 9.00. The summed E-state index contributed by atoms with van der Waals surface area (Å²) in [5.41, 5.74) is 6.54. The Kier molecular flexibility index (Phi) is 6.37. The summed E-state index contributed by atoms with van der Waals surface area (Å²) >= 11 is 0. The Labute approximate surface area is 103 Å². The summed E-state index contributed by atoms with van der Waals surface area (Å²) in [5, 5.41) is 0. The summed E-state index contributed by atoms with van der Waals surface area (Å²) in [6, 6.07) is 16.0. The van der Waals surface area contributed by atoms with Crippen molar-refractivity contribution in [3.63, 3.8) is 0 Å². The van der Waals surface area contributed by atoms with Gasteiger partial charge in [0.1, 0.15) is 0 Å². The van der Waals surface area contributed by atoms with Crippen LogP contribution in [0.5, 0.6) is 0 Å². The molecule has 1 aromatic carbocycles. The molecule has 2 aromatic rings. The molecule has 0 bridgehead atoms. The van der Waals surface area contributed by atoms with Crippen LogP contribution in [0.3, 0.4) is 0 Å². The Hall–Kier alpha value is -1.93. The highest BCUT2D eigenvalue weighted by atomic mass is 14.9. The summed E-state index contributed by atoms with van der Waals surface area (Å²) in [6.07, 6.45) is 5.91. The van der Waals surface area contributed by atoms with Crippen LogP contribution in [0.2, 0.25) is 0 Å². The van der Waals surface area contributed by atoms with Gasteiger partial charge in [-0.1, -0.05) is 43.0 Å². The summed E-state index contributed by atoms with van der Waals surface area (Å²) in [6.45, 7) is 5.16. The smallest absolute Gasteiger partial charge is 0.169 e. The van der Waals surface area contributed by atoms with E-state index in [-0.39, 0.29) is 0 Å². The number of aromatic nitrogens is 1. The van der Waals surface area contributed by atoms with Gasteiger partial charge in [0, 0.05) is 18.7 Å². The molecule has 0 unspecified atom stereocenters. The standard InChI is InChI=1S/C8H10N.C7H9N/c1-2-6-9-7-4-3-5-8-9;8-6-7-4-2-1-3-5-7/h2-5,7-8H,1,6H2;1-5H,6,8H2/q+1;. The van der Waals surface area contributed by atoms with Gasteiger partial charge in [0.2, 0.25) is 0 Å². The van der Waals surface area contributed by atoms with E-state index >= 15 is 0 Å². The fourth-order valence-corrected chi connectivity index (χ4v) is 1.32. The van der Waals surface area contributed by atoms with Crippen LogP contribution in [0.15, 0.2) is 73.6 Å². The highest BCUT2D eigenvalue weighted by Gasteiger charge is 1.88. The monoisotopic (exact) mass is 227 g/mol. The molecule has 2 heteroatoms. The van der Waals surface area contributed by atoms with Crippen LogP contribution in [-0.4, -0.2) is 0 Å². The molecule has 0 fully saturated rings. The van der Waals surface area contributed by atoms with E-state index in [0.29, 0.717) is 6.54 Å². The molecule has 1 aromatic heterocycles. The first-order valence-electron chi connectivity index (χ1n) is 5.65. The minimum absolute atomic E-state index is 0.640. The van der Waals surface area contributed by atoms with E-state index in [0.717, 1.165) is 6.54 Å². The highest BCUT2D eigenvalue weighted by Crippen LogP contribution is 1.94. The fraction of sp³-hybridized carbons (Fsp3) is 0.133. The summed E-state index contributed by atoms with van der Waals surface area (Å²) < 4.78 is 2.06. The van der Waals surface area contributed by atoms with E-state index in [1.54, 1.807) is 0 Å². The number of nitrogens with zero attached hydrogens (tertiary/aromatic N) is 1. The van der Waals surface area contributed by atoms with Crippen LogP contribution in [0, 0.1) is 0 Å². The molecular weight excluding hydrogens is 208 g/mol. The highest BCUT2D eigenvalue weighted by molar-refractivity contribution is 5.13. The second kappa shape index (κ2) is 8.25. The number of hydrogen-bond acceptors (Lipinski definition) is 1. The van der Waals surface area contributed by atoms with Gasteiger partial charge in [-0.15, -0.1) is 0 Å². The Morgan fingerprint density at radius 1 is 1.00 bits per heavy atom. The first kappa shape index (κ1) is 13.1. The molecule has 88 valence electrons. The van der Waals surface area contributed by atoms with Gasteiger partial charge in [-0.2, -0.15) is 0 Å². The Morgan fingerprint density at radius 3 is 2.06 bits per heavy atom. The first-order chi connectivity index (χ1) is 8.36. The maximum atomic E-state index is 5.35. The Bertz CT molecular complexity index is 409. The average molecular weight is 227 g/mol. The molecule has 2 rings (SSSR count). The van der Waals surface area contributed by atoms with Crippen LogP contribution in [0.4, 0.5) is 0 Å². The third-order valence-corrected chi connectivity index (χ3v) is 2.20. The molecule has 0 radical (unpaired) electrons. The summed E-state index contributed by atoms with van der Waals surface area (Å²) in [4.78, 5) is 0. The third kappa shape index (κ3) is 5.64. The van der Waals surface area contributed by atoms with Crippen molar-refractivity contribution in [2.24, 2.45) is 5.73 Å². The van der Waals surface area contributed by atoms with E-state index < -0.39 is 0 Å². The van der Waals surface area contributed by atoms with E-state index in [1.165, 1.54) is 5.56 Å². The van der Waals surface area contributed by atoms with Crippen molar-refractivity contribution in [1.29, 1.82) is 0 Å². The average Bonchev–Trinajstić information content (AvgIpc) is 2.42. The van der Waals surface area contributed by atoms with Crippen molar-refractivity contribution in [2.75, 3.05) is 0 Å². The van der Waals surface area contributed by atoms with E-state index in [9.17, 15) is 0 Å². The molecule has 0 saturated carbocycles. The predicted octanol–water partition coefficient (Wildman–Crippen LogP) is 2.31. The van der Waals surface area contributed by atoms with Crippen LogP contribution in [-0.2, 0) is 13.1 Å². The third-order valence-electron chi connectivity index (χ3n) is 2.20. The number of allylic oxidation sites excluding steroid dienone is 1.